The Kier molecular flexibility index (Phi) is 4.77. The molecule has 106 valence electrons. The van der Waals surface area contributed by atoms with Crippen LogP contribution in [0, 0.1) is 11.7 Å². The van der Waals surface area contributed by atoms with Gasteiger partial charge in [0.15, 0.2) is 0 Å². The van der Waals surface area contributed by atoms with Crippen LogP contribution in [0.15, 0.2) is 18.2 Å². The largest absolute Gasteiger partial charge is 0.496 e. The summed E-state index contributed by atoms with van der Waals surface area (Å²) in [6.45, 7) is 5.71. The lowest BCUT2D eigenvalue weighted by Crippen LogP contribution is -2.29. The Hall–Kier alpha value is -1.13. The second-order valence-electron chi connectivity index (χ2n) is 5.11. The van der Waals surface area contributed by atoms with Crippen molar-refractivity contribution in [3.05, 3.63) is 29.6 Å². The predicted octanol–water partition coefficient (Wildman–Crippen LogP) is 2.91. The topological polar surface area (TPSA) is 30.5 Å². The van der Waals surface area contributed by atoms with E-state index in [4.69, 9.17) is 9.47 Å². The first-order chi connectivity index (χ1) is 9.13. The first-order valence-corrected chi connectivity index (χ1v) is 6.81. The molecule has 1 N–H and O–H groups in total. The maximum Gasteiger partial charge on any atom is 0.131 e. The van der Waals surface area contributed by atoms with Gasteiger partial charge in [-0.2, -0.15) is 0 Å². The summed E-state index contributed by atoms with van der Waals surface area (Å²) in [6.07, 6.45) is 1.34. The molecule has 3 unspecified atom stereocenters. The van der Waals surface area contributed by atoms with Crippen molar-refractivity contribution in [1.82, 2.24) is 5.32 Å². The molecule has 0 saturated carbocycles. The second kappa shape index (κ2) is 6.35. The van der Waals surface area contributed by atoms with Crippen molar-refractivity contribution in [1.29, 1.82) is 0 Å². The third-order valence-electron chi connectivity index (χ3n) is 3.89. The zero-order chi connectivity index (χ0) is 13.8. The molecule has 0 aliphatic carbocycles. The first-order valence-electron chi connectivity index (χ1n) is 6.81. The molecule has 1 saturated heterocycles. The van der Waals surface area contributed by atoms with Gasteiger partial charge in [0.05, 0.1) is 13.2 Å². The molecule has 19 heavy (non-hydrogen) atoms. The van der Waals surface area contributed by atoms with Crippen LogP contribution in [0.25, 0.3) is 0 Å². The van der Waals surface area contributed by atoms with Crippen LogP contribution in [-0.4, -0.2) is 26.4 Å². The standard InChI is InChI=1S/C15H22FNO2/c1-10(17-9-12-7-8-19-11(12)2)15-13(16)5-4-6-14(15)18-3/h4-6,10-12,17H,7-9H2,1-3H3. The highest BCUT2D eigenvalue weighted by atomic mass is 19.1. The zero-order valence-electron chi connectivity index (χ0n) is 11.8. The molecule has 1 aromatic carbocycles. The molecule has 0 radical (unpaired) electrons. The molecular weight excluding hydrogens is 245 g/mol. The van der Waals surface area contributed by atoms with E-state index in [-0.39, 0.29) is 18.0 Å². The van der Waals surface area contributed by atoms with Gasteiger partial charge >= 0.3 is 0 Å². The van der Waals surface area contributed by atoms with E-state index >= 15 is 0 Å². The quantitative estimate of drug-likeness (QED) is 0.889. The Labute approximate surface area is 114 Å². The van der Waals surface area contributed by atoms with Crippen LogP contribution in [0.2, 0.25) is 0 Å². The summed E-state index contributed by atoms with van der Waals surface area (Å²) in [5.74, 6) is 0.867. The van der Waals surface area contributed by atoms with E-state index in [1.54, 1.807) is 19.2 Å². The van der Waals surface area contributed by atoms with Crippen LogP contribution >= 0.6 is 0 Å². The lowest BCUT2D eigenvalue weighted by Gasteiger charge is -2.21. The normalized spacial score (nSPS) is 24.4. The van der Waals surface area contributed by atoms with Gasteiger partial charge in [0.2, 0.25) is 0 Å². The zero-order valence-corrected chi connectivity index (χ0v) is 11.8. The van der Waals surface area contributed by atoms with Crippen LogP contribution in [0.3, 0.4) is 0 Å². The lowest BCUT2D eigenvalue weighted by atomic mass is 10.0. The smallest absolute Gasteiger partial charge is 0.131 e. The molecule has 4 heteroatoms. The highest BCUT2D eigenvalue weighted by molar-refractivity contribution is 5.36. The van der Waals surface area contributed by atoms with Crippen molar-refractivity contribution in [3.8, 4) is 5.75 Å². The fourth-order valence-corrected chi connectivity index (χ4v) is 2.59. The van der Waals surface area contributed by atoms with E-state index in [1.807, 2.05) is 6.92 Å². The van der Waals surface area contributed by atoms with Crippen LogP contribution in [0.5, 0.6) is 5.75 Å². The summed E-state index contributed by atoms with van der Waals surface area (Å²) < 4.78 is 24.7. The Morgan fingerprint density at radius 3 is 2.95 bits per heavy atom. The van der Waals surface area contributed by atoms with Crippen LogP contribution < -0.4 is 10.1 Å². The maximum atomic E-state index is 13.9. The molecule has 2 rings (SSSR count). The minimum Gasteiger partial charge on any atom is -0.496 e. The molecule has 1 aliphatic rings. The molecule has 0 amide bonds. The van der Waals surface area contributed by atoms with Gasteiger partial charge in [-0.1, -0.05) is 6.07 Å². The van der Waals surface area contributed by atoms with Gasteiger partial charge in [0.25, 0.3) is 0 Å². The summed E-state index contributed by atoms with van der Waals surface area (Å²) in [6, 6.07) is 4.84. The third kappa shape index (κ3) is 3.25. The van der Waals surface area contributed by atoms with Crippen molar-refractivity contribution >= 4 is 0 Å². The Morgan fingerprint density at radius 2 is 2.32 bits per heavy atom. The van der Waals surface area contributed by atoms with Crippen LogP contribution in [-0.2, 0) is 4.74 Å². The van der Waals surface area contributed by atoms with Crippen molar-refractivity contribution in [3.63, 3.8) is 0 Å². The summed E-state index contributed by atoms with van der Waals surface area (Å²) >= 11 is 0. The number of rotatable bonds is 5. The number of hydrogen-bond acceptors (Lipinski definition) is 3. The fraction of sp³-hybridized carbons (Fsp3) is 0.600. The SMILES string of the molecule is COc1cccc(F)c1C(C)NCC1CCOC1C. The molecule has 0 aromatic heterocycles. The monoisotopic (exact) mass is 267 g/mol. The summed E-state index contributed by atoms with van der Waals surface area (Å²) in [4.78, 5) is 0. The van der Waals surface area contributed by atoms with E-state index in [1.165, 1.54) is 6.07 Å². The average molecular weight is 267 g/mol. The van der Waals surface area contributed by atoms with Gasteiger partial charge in [-0.3, -0.25) is 0 Å². The van der Waals surface area contributed by atoms with Crippen molar-refractivity contribution < 1.29 is 13.9 Å². The lowest BCUT2D eigenvalue weighted by molar-refractivity contribution is 0.105. The molecule has 1 aliphatic heterocycles. The molecule has 3 nitrogen and oxygen atoms in total. The van der Waals surface area contributed by atoms with Gasteiger partial charge in [-0.05, 0) is 38.3 Å². The molecule has 0 spiro atoms. The maximum absolute atomic E-state index is 13.9. The predicted molar refractivity (Wildman–Crippen MR) is 72.9 cm³/mol. The van der Waals surface area contributed by atoms with Crippen molar-refractivity contribution in [2.75, 3.05) is 20.3 Å². The third-order valence-corrected chi connectivity index (χ3v) is 3.89. The number of methoxy groups -OCH3 is 1. The molecule has 1 aromatic rings. The summed E-state index contributed by atoms with van der Waals surface area (Å²) in [7, 11) is 1.57. The highest BCUT2D eigenvalue weighted by Crippen LogP contribution is 2.28. The summed E-state index contributed by atoms with van der Waals surface area (Å²) in [5, 5.41) is 3.39. The van der Waals surface area contributed by atoms with E-state index in [9.17, 15) is 4.39 Å². The Balaban J connectivity index is 2.01. The van der Waals surface area contributed by atoms with Crippen molar-refractivity contribution in [2.24, 2.45) is 5.92 Å². The number of benzene rings is 1. The summed E-state index contributed by atoms with van der Waals surface area (Å²) in [5.41, 5.74) is 0.594. The second-order valence-corrected chi connectivity index (χ2v) is 5.11. The van der Waals surface area contributed by atoms with E-state index in [0.717, 1.165) is 19.6 Å². The van der Waals surface area contributed by atoms with E-state index in [2.05, 4.69) is 12.2 Å². The van der Waals surface area contributed by atoms with Gasteiger partial charge in [0.1, 0.15) is 11.6 Å². The van der Waals surface area contributed by atoms with Gasteiger partial charge < -0.3 is 14.8 Å². The van der Waals surface area contributed by atoms with Gasteiger partial charge in [0, 0.05) is 24.8 Å². The minimum absolute atomic E-state index is 0.0797. The number of halogens is 1. The molecule has 1 heterocycles. The molecule has 1 fully saturated rings. The highest BCUT2D eigenvalue weighted by Gasteiger charge is 2.25. The Morgan fingerprint density at radius 1 is 1.53 bits per heavy atom. The number of ether oxygens (including phenoxy) is 2. The minimum atomic E-state index is -0.227. The molecule has 3 atom stereocenters. The van der Waals surface area contributed by atoms with E-state index < -0.39 is 0 Å². The first kappa shape index (κ1) is 14.3. The van der Waals surface area contributed by atoms with Crippen LogP contribution in [0.1, 0.15) is 31.9 Å². The van der Waals surface area contributed by atoms with Crippen LogP contribution in [0.4, 0.5) is 4.39 Å². The van der Waals surface area contributed by atoms with Crippen molar-refractivity contribution in [2.45, 2.75) is 32.4 Å². The molecular formula is C15H22FNO2. The number of hydrogen-bond donors (Lipinski definition) is 1. The Bertz CT molecular complexity index is 425. The van der Waals surface area contributed by atoms with Gasteiger partial charge in [-0.15, -0.1) is 0 Å². The molecule has 0 bridgehead atoms. The fourth-order valence-electron chi connectivity index (χ4n) is 2.59. The van der Waals surface area contributed by atoms with E-state index in [0.29, 0.717) is 17.2 Å². The van der Waals surface area contributed by atoms with Gasteiger partial charge in [-0.25, -0.2) is 4.39 Å². The average Bonchev–Trinajstić information content (AvgIpc) is 2.81. The number of nitrogens with one attached hydrogen (secondary N) is 1.